The van der Waals surface area contributed by atoms with E-state index < -0.39 is 17.9 Å². The van der Waals surface area contributed by atoms with Crippen molar-refractivity contribution in [2.45, 2.75) is 32.7 Å². The van der Waals surface area contributed by atoms with Crippen LogP contribution < -0.4 is 5.32 Å². The number of hydrogen-bond acceptors (Lipinski definition) is 5. The van der Waals surface area contributed by atoms with Crippen LogP contribution in [0.1, 0.15) is 35.1 Å². The molecule has 0 fully saturated rings. The van der Waals surface area contributed by atoms with Gasteiger partial charge < -0.3 is 14.8 Å². The number of aliphatic carboxylic acids is 1. The van der Waals surface area contributed by atoms with E-state index in [1.165, 1.54) is 17.6 Å². The van der Waals surface area contributed by atoms with Crippen molar-refractivity contribution in [3.8, 4) is 10.8 Å². The molecule has 2 heterocycles. The summed E-state index contributed by atoms with van der Waals surface area (Å²) >= 11 is 1.34. The van der Waals surface area contributed by atoms with Gasteiger partial charge in [0, 0.05) is 4.88 Å². The fourth-order valence-electron chi connectivity index (χ4n) is 1.89. The average Bonchev–Trinajstić information content (AvgIpc) is 3.06. The van der Waals surface area contributed by atoms with Gasteiger partial charge in [-0.1, -0.05) is 13.3 Å². The molecule has 2 aromatic rings. The second kappa shape index (κ2) is 6.53. The molecule has 2 aromatic heterocycles. The molecule has 0 aliphatic heterocycles. The smallest absolute Gasteiger partial charge is 0.326 e. The maximum atomic E-state index is 12.2. The van der Waals surface area contributed by atoms with Crippen LogP contribution in [0.3, 0.4) is 0 Å². The summed E-state index contributed by atoms with van der Waals surface area (Å²) < 4.78 is 5.25. The van der Waals surface area contributed by atoms with Gasteiger partial charge in [0.05, 0.1) is 6.26 Å². The van der Waals surface area contributed by atoms with Crippen LogP contribution in [0, 0.1) is 6.92 Å². The number of carbonyl (C=O) groups is 2. The molecule has 0 unspecified atom stereocenters. The first-order chi connectivity index (χ1) is 10.0. The standard InChI is InChI=1S/C14H16N2O4S/c1-3-5-9(14(18)19)15-12(17)11-8(2)21-13(16-11)10-6-4-7-20-10/h4,6-7,9H,3,5H2,1-2H3,(H,15,17)(H,18,19)/t9-/m1/s1. The number of carboxylic acid groups (broad SMARTS) is 1. The van der Waals surface area contributed by atoms with Crippen LogP contribution in [0.2, 0.25) is 0 Å². The molecule has 2 rings (SSSR count). The molecule has 0 aliphatic carbocycles. The molecule has 7 heteroatoms. The van der Waals surface area contributed by atoms with Crippen molar-refractivity contribution in [2.24, 2.45) is 0 Å². The zero-order valence-corrected chi connectivity index (χ0v) is 12.6. The van der Waals surface area contributed by atoms with Gasteiger partial charge in [0.25, 0.3) is 5.91 Å². The lowest BCUT2D eigenvalue weighted by atomic mass is 10.1. The molecule has 0 aliphatic rings. The van der Waals surface area contributed by atoms with Crippen molar-refractivity contribution in [1.82, 2.24) is 10.3 Å². The predicted octanol–water partition coefficient (Wildman–Crippen LogP) is 2.69. The first kappa shape index (κ1) is 15.2. The number of hydrogen-bond donors (Lipinski definition) is 2. The first-order valence-corrected chi connectivity index (χ1v) is 7.39. The van der Waals surface area contributed by atoms with Gasteiger partial charge >= 0.3 is 5.97 Å². The molecule has 0 bridgehead atoms. The number of amides is 1. The Bertz CT molecular complexity index is 633. The van der Waals surface area contributed by atoms with E-state index in [1.54, 1.807) is 19.1 Å². The van der Waals surface area contributed by atoms with E-state index in [-0.39, 0.29) is 5.69 Å². The third-order valence-corrected chi connectivity index (χ3v) is 3.91. The average molecular weight is 308 g/mol. The number of rotatable bonds is 6. The minimum absolute atomic E-state index is 0.244. The van der Waals surface area contributed by atoms with Crippen molar-refractivity contribution in [1.29, 1.82) is 0 Å². The number of thiazole rings is 1. The van der Waals surface area contributed by atoms with E-state index in [4.69, 9.17) is 9.52 Å². The van der Waals surface area contributed by atoms with Crippen molar-refractivity contribution < 1.29 is 19.1 Å². The summed E-state index contributed by atoms with van der Waals surface area (Å²) in [5.74, 6) is -0.919. The van der Waals surface area contributed by atoms with E-state index in [1.807, 2.05) is 6.92 Å². The molecular formula is C14H16N2O4S. The van der Waals surface area contributed by atoms with Gasteiger partial charge in [-0.05, 0) is 25.5 Å². The highest BCUT2D eigenvalue weighted by atomic mass is 32.1. The minimum Gasteiger partial charge on any atom is -0.480 e. The Morgan fingerprint density at radius 2 is 2.29 bits per heavy atom. The largest absolute Gasteiger partial charge is 0.480 e. The number of aromatic nitrogens is 1. The van der Waals surface area contributed by atoms with E-state index in [2.05, 4.69) is 10.3 Å². The zero-order chi connectivity index (χ0) is 15.4. The SMILES string of the molecule is CCC[C@@H](NC(=O)c1nc(-c2ccco2)sc1C)C(=O)O. The zero-order valence-electron chi connectivity index (χ0n) is 11.8. The van der Waals surface area contributed by atoms with E-state index >= 15 is 0 Å². The number of carboxylic acids is 1. The second-order valence-corrected chi connectivity index (χ2v) is 5.76. The van der Waals surface area contributed by atoms with Gasteiger partial charge in [-0.2, -0.15) is 0 Å². The van der Waals surface area contributed by atoms with Gasteiger partial charge in [0.15, 0.2) is 10.8 Å². The number of carbonyl (C=O) groups excluding carboxylic acids is 1. The fourth-order valence-corrected chi connectivity index (χ4v) is 2.76. The second-order valence-electron chi connectivity index (χ2n) is 4.55. The maximum absolute atomic E-state index is 12.2. The molecule has 0 aromatic carbocycles. The predicted molar refractivity (Wildman–Crippen MR) is 78.4 cm³/mol. The van der Waals surface area contributed by atoms with Gasteiger partial charge in [-0.15, -0.1) is 11.3 Å². The number of furan rings is 1. The van der Waals surface area contributed by atoms with Crippen LogP contribution in [-0.4, -0.2) is 28.0 Å². The molecule has 0 saturated carbocycles. The lowest BCUT2D eigenvalue weighted by Crippen LogP contribution is -2.41. The fraction of sp³-hybridized carbons (Fsp3) is 0.357. The summed E-state index contributed by atoms with van der Waals surface area (Å²) in [7, 11) is 0. The molecule has 0 radical (unpaired) electrons. The molecule has 0 saturated heterocycles. The van der Waals surface area contributed by atoms with Crippen molar-refractivity contribution in [3.05, 3.63) is 29.0 Å². The van der Waals surface area contributed by atoms with Crippen LogP contribution in [0.4, 0.5) is 0 Å². The topological polar surface area (TPSA) is 92.4 Å². The van der Waals surface area contributed by atoms with Gasteiger partial charge in [-0.3, -0.25) is 4.79 Å². The molecule has 112 valence electrons. The Kier molecular flexibility index (Phi) is 4.74. The number of aryl methyl sites for hydroxylation is 1. The maximum Gasteiger partial charge on any atom is 0.326 e. The summed E-state index contributed by atoms with van der Waals surface area (Å²) in [5, 5.41) is 12.2. The molecule has 6 nitrogen and oxygen atoms in total. The van der Waals surface area contributed by atoms with Crippen LogP contribution in [0.15, 0.2) is 22.8 Å². The molecule has 1 amide bonds. The highest BCUT2D eigenvalue weighted by Crippen LogP contribution is 2.27. The third-order valence-electron chi connectivity index (χ3n) is 2.92. The monoisotopic (exact) mass is 308 g/mol. The summed E-state index contributed by atoms with van der Waals surface area (Å²) in [5.41, 5.74) is 0.244. The lowest BCUT2D eigenvalue weighted by Gasteiger charge is -2.12. The molecule has 0 spiro atoms. The number of nitrogens with zero attached hydrogens (tertiary/aromatic N) is 1. The first-order valence-electron chi connectivity index (χ1n) is 6.58. The molecule has 21 heavy (non-hydrogen) atoms. The van der Waals surface area contributed by atoms with E-state index in [0.29, 0.717) is 23.6 Å². The van der Waals surface area contributed by atoms with E-state index in [0.717, 1.165) is 4.88 Å². The Hall–Kier alpha value is -2.15. The highest BCUT2D eigenvalue weighted by molar-refractivity contribution is 7.15. The minimum atomic E-state index is -1.04. The van der Waals surface area contributed by atoms with Crippen molar-refractivity contribution >= 4 is 23.2 Å². The van der Waals surface area contributed by atoms with E-state index in [9.17, 15) is 9.59 Å². The summed E-state index contributed by atoms with van der Waals surface area (Å²) in [4.78, 5) is 28.2. The number of nitrogens with one attached hydrogen (secondary N) is 1. The van der Waals surface area contributed by atoms with Gasteiger partial charge in [-0.25, -0.2) is 9.78 Å². The van der Waals surface area contributed by atoms with Crippen LogP contribution in [-0.2, 0) is 4.79 Å². The quantitative estimate of drug-likeness (QED) is 0.856. The van der Waals surface area contributed by atoms with Crippen LogP contribution >= 0.6 is 11.3 Å². The third kappa shape index (κ3) is 3.49. The molecule has 2 N–H and O–H groups in total. The Morgan fingerprint density at radius 1 is 1.52 bits per heavy atom. The Morgan fingerprint density at radius 3 is 2.86 bits per heavy atom. The van der Waals surface area contributed by atoms with Crippen molar-refractivity contribution in [2.75, 3.05) is 0 Å². The molecule has 1 atom stereocenters. The summed E-state index contributed by atoms with van der Waals surface area (Å²) in [6.07, 6.45) is 2.59. The Labute approximate surface area is 125 Å². The van der Waals surface area contributed by atoms with Gasteiger partial charge in [0.1, 0.15) is 11.7 Å². The summed E-state index contributed by atoms with van der Waals surface area (Å²) in [6, 6.07) is 2.61. The molecular weight excluding hydrogens is 292 g/mol. The highest BCUT2D eigenvalue weighted by Gasteiger charge is 2.23. The van der Waals surface area contributed by atoms with Crippen molar-refractivity contribution in [3.63, 3.8) is 0 Å². The van der Waals surface area contributed by atoms with Gasteiger partial charge in [0.2, 0.25) is 0 Å². The summed E-state index contributed by atoms with van der Waals surface area (Å²) in [6.45, 7) is 3.64. The lowest BCUT2D eigenvalue weighted by molar-refractivity contribution is -0.139. The van der Waals surface area contributed by atoms with Crippen LogP contribution in [0.5, 0.6) is 0 Å². The Balaban J connectivity index is 2.18. The normalized spacial score (nSPS) is 12.1. The van der Waals surface area contributed by atoms with Crippen LogP contribution in [0.25, 0.3) is 10.8 Å².